The maximum Gasteiger partial charge on any atom is 0.338 e. The number of halogens is 2. The Morgan fingerprint density at radius 2 is 1.94 bits per heavy atom. The first-order valence-corrected chi connectivity index (χ1v) is 11.3. The topological polar surface area (TPSA) is 71.0 Å². The number of hydrogen-bond acceptors (Lipinski definition) is 6. The molecule has 0 fully saturated rings. The van der Waals surface area contributed by atoms with Crippen molar-refractivity contribution in [3.63, 3.8) is 0 Å². The Balaban J connectivity index is 1.67. The average molecular weight is 482 g/mol. The number of allylic oxidation sites excluding steroid dienone is 1. The number of hydrogen-bond donors (Lipinski definition) is 1. The van der Waals surface area contributed by atoms with Crippen LogP contribution >= 0.6 is 11.8 Å². The number of nitrogens with zero attached hydrogens (tertiary/aromatic N) is 2. The number of anilines is 1. The standard InChI is InChI=1S/C25H21F2N3O3S/c1-3-12-33-24(32)22-15(2)28-25-30(23(22)19-6-4-5-7-20(19)27)18(14-34-25)13-21(31)29-17-10-8-16(26)9-11-17/h3-11,14,23H,1,12-13H2,2H3,(H,29,31). The highest BCUT2D eigenvalue weighted by atomic mass is 32.2. The molecule has 0 aliphatic carbocycles. The number of carbonyl (C=O) groups excluding carboxylic acids is 2. The van der Waals surface area contributed by atoms with E-state index in [4.69, 9.17) is 4.74 Å². The second-order valence-corrected chi connectivity index (χ2v) is 8.37. The lowest BCUT2D eigenvalue weighted by Crippen LogP contribution is -2.38. The van der Waals surface area contributed by atoms with Crippen LogP contribution in [0.3, 0.4) is 0 Å². The predicted molar refractivity (Wildman–Crippen MR) is 128 cm³/mol. The van der Waals surface area contributed by atoms with Crippen molar-refractivity contribution in [1.82, 2.24) is 4.90 Å². The lowest BCUT2D eigenvalue weighted by molar-refractivity contribution is -0.138. The van der Waals surface area contributed by atoms with Crippen molar-refractivity contribution < 1.29 is 23.1 Å². The van der Waals surface area contributed by atoms with Crippen LogP contribution < -0.4 is 5.32 Å². The number of ether oxygens (including phenoxy) is 1. The van der Waals surface area contributed by atoms with Gasteiger partial charge in [0.2, 0.25) is 5.91 Å². The molecule has 4 rings (SSSR count). The van der Waals surface area contributed by atoms with Crippen molar-refractivity contribution in [2.45, 2.75) is 19.4 Å². The van der Waals surface area contributed by atoms with Crippen molar-refractivity contribution in [2.24, 2.45) is 4.99 Å². The first-order chi connectivity index (χ1) is 16.4. The molecule has 2 aliphatic heterocycles. The molecular formula is C25H21F2N3O3S. The Bertz CT molecular complexity index is 1240. The van der Waals surface area contributed by atoms with Gasteiger partial charge in [0.05, 0.1) is 23.7 Å². The molecule has 2 aliphatic rings. The molecule has 2 heterocycles. The minimum Gasteiger partial charge on any atom is -0.458 e. The molecule has 0 saturated carbocycles. The molecule has 0 spiro atoms. The van der Waals surface area contributed by atoms with E-state index in [9.17, 15) is 18.4 Å². The minimum absolute atomic E-state index is 0.00625. The van der Waals surface area contributed by atoms with Gasteiger partial charge in [-0.05, 0) is 42.7 Å². The van der Waals surface area contributed by atoms with Crippen LogP contribution in [-0.2, 0) is 14.3 Å². The van der Waals surface area contributed by atoms with Crippen molar-refractivity contribution in [2.75, 3.05) is 11.9 Å². The van der Waals surface area contributed by atoms with Crippen LogP contribution in [0.15, 0.2) is 88.6 Å². The number of aliphatic imine (C=N–C) groups is 1. The van der Waals surface area contributed by atoms with Crippen LogP contribution in [0.1, 0.15) is 24.9 Å². The molecule has 0 saturated heterocycles. The summed E-state index contributed by atoms with van der Waals surface area (Å²) >= 11 is 1.28. The lowest BCUT2D eigenvalue weighted by Gasteiger charge is -2.36. The van der Waals surface area contributed by atoms with E-state index in [1.807, 2.05) is 0 Å². The van der Waals surface area contributed by atoms with Crippen molar-refractivity contribution >= 4 is 34.5 Å². The summed E-state index contributed by atoms with van der Waals surface area (Å²) in [7, 11) is 0. The molecule has 34 heavy (non-hydrogen) atoms. The van der Waals surface area contributed by atoms with Crippen molar-refractivity contribution in [3.8, 4) is 0 Å². The summed E-state index contributed by atoms with van der Waals surface area (Å²) in [6, 6.07) is 10.7. The highest BCUT2D eigenvalue weighted by Crippen LogP contribution is 2.45. The second kappa shape index (κ2) is 10.0. The Hall–Kier alpha value is -3.72. The van der Waals surface area contributed by atoms with Crippen LogP contribution in [-0.4, -0.2) is 28.6 Å². The molecule has 0 radical (unpaired) electrons. The number of amidine groups is 1. The van der Waals surface area contributed by atoms with Crippen molar-refractivity contribution in [3.05, 3.63) is 101 Å². The zero-order valence-corrected chi connectivity index (χ0v) is 19.1. The van der Waals surface area contributed by atoms with Gasteiger partial charge in [-0.1, -0.05) is 42.6 Å². The van der Waals surface area contributed by atoms with Gasteiger partial charge in [-0.15, -0.1) is 0 Å². The third-order valence-electron chi connectivity index (χ3n) is 5.22. The maximum absolute atomic E-state index is 15.0. The summed E-state index contributed by atoms with van der Waals surface area (Å²) in [4.78, 5) is 31.9. The zero-order chi connectivity index (χ0) is 24.2. The van der Waals surface area contributed by atoms with Gasteiger partial charge in [-0.25, -0.2) is 18.6 Å². The Kier molecular flexibility index (Phi) is 6.93. The van der Waals surface area contributed by atoms with E-state index in [2.05, 4.69) is 16.9 Å². The molecular weight excluding hydrogens is 460 g/mol. The number of nitrogens with one attached hydrogen (secondary N) is 1. The fraction of sp³-hybridized carbons (Fsp3) is 0.160. The predicted octanol–water partition coefficient (Wildman–Crippen LogP) is 5.30. The highest BCUT2D eigenvalue weighted by Gasteiger charge is 2.42. The van der Waals surface area contributed by atoms with E-state index in [0.717, 1.165) is 0 Å². The molecule has 6 nitrogen and oxygen atoms in total. The third-order valence-corrected chi connectivity index (χ3v) is 6.11. The molecule has 1 N–H and O–H groups in total. The van der Waals surface area contributed by atoms with Crippen LogP contribution in [0.4, 0.5) is 14.5 Å². The molecule has 2 aromatic carbocycles. The van der Waals surface area contributed by atoms with E-state index in [1.54, 1.807) is 35.4 Å². The van der Waals surface area contributed by atoms with Crippen LogP contribution in [0.2, 0.25) is 0 Å². The van der Waals surface area contributed by atoms with Gasteiger partial charge in [0.1, 0.15) is 18.2 Å². The molecule has 0 bridgehead atoms. The Morgan fingerprint density at radius 1 is 1.21 bits per heavy atom. The molecule has 1 unspecified atom stereocenters. The molecule has 2 aromatic rings. The summed E-state index contributed by atoms with van der Waals surface area (Å²) in [5.41, 5.74) is 1.83. The van der Waals surface area contributed by atoms with E-state index in [0.29, 0.717) is 22.2 Å². The monoisotopic (exact) mass is 481 g/mol. The number of fused-ring (bicyclic) bond motifs is 1. The van der Waals surface area contributed by atoms with Gasteiger partial charge in [0, 0.05) is 16.9 Å². The van der Waals surface area contributed by atoms with Crippen LogP contribution in [0, 0.1) is 11.6 Å². The summed E-state index contributed by atoms with van der Waals surface area (Å²) in [6.45, 7) is 5.22. The smallest absolute Gasteiger partial charge is 0.338 e. The molecule has 1 atom stereocenters. The first kappa shape index (κ1) is 23.4. The lowest BCUT2D eigenvalue weighted by atomic mass is 9.93. The first-order valence-electron chi connectivity index (χ1n) is 10.4. The number of carbonyl (C=O) groups is 2. The number of benzene rings is 2. The van der Waals surface area contributed by atoms with Gasteiger partial charge in [-0.2, -0.15) is 0 Å². The SMILES string of the molecule is C=CCOC(=O)C1=C(C)N=C2SC=C(CC(=O)Nc3ccc(F)cc3)N2C1c1ccccc1F. The average Bonchev–Trinajstić information content (AvgIpc) is 3.20. The van der Waals surface area contributed by atoms with Gasteiger partial charge in [-0.3, -0.25) is 4.79 Å². The van der Waals surface area contributed by atoms with E-state index in [1.165, 1.54) is 48.2 Å². The fourth-order valence-corrected chi connectivity index (χ4v) is 4.70. The van der Waals surface area contributed by atoms with Gasteiger partial charge >= 0.3 is 5.97 Å². The maximum atomic E-state index is 15.0. The molecule has 1 amide bonds. The largest absolute Gasteiger partial charge is 0.458 e. The van der Waals surface area contributed by atoms with Crippen LogP contribution in [0.5, 0.6) is 0 Å². The minimum atomic E-state index is -0.870. The normalized spacial score (nSPS) is 17.0. The van der Waals surface area contributed by atoms with Gasteiger partial charge in [0.15, 0.2) is 5.17 Å². The molecule has 9 heteroatoms. The third kappa shape index (κ3) is 4.79. The number of thioether (sulfide) groups is 1. The van der Waals surface area contributed by atoms with E-state index >= 15 is 0 Å². The summed E-state index contributed by atoms with van der Waals surface area (Å²) in [5, 5.41) is 4.99. The van der Waals surface area contributed by atoms with Gasteiger partial charge < -0.3 is 15.0 Å². The van der Waals surface area contributed by atoms with Crippen molar-refractivity contribution in [1.29, 1.82) is 0 Å². The van der Waals surface area contributed by atoms with E-state index in [-0.39, 0.29) is 30.1 Å². The summed E-state index contributed by atoms with van der Waals surface area (Å²) in [6.07, 6.45) is 1.38. The number of amides is 1. The highest BCUT2D eigenvalue weighted by molar-refractivity contribution is 8.16. The Labute approximate surface area is 199 Å². The number of rotatable bonds is 7. The second-order valence-electron chi connectivity index (χ2n) is 7.53. The van der Waals surface area contributed by atoms with E-state index < -0.39 is 23.6 Å². The number of esters is 1. The van der Waals surface area contributed by atoms with Crippen LogP contribution in [0.25, 0.3) is 0 Å². The quantitative estimate of drug-likeness (QED) is 0.429. The summed E-state index contributed by atoms with van der Waals surface area (Å²) < 4.78 is 33.4. The fourth-order valence-electron chi connectivity index (χ4n) is 3.74. The van der Waals surface area contributed by atoms with Gasteiger partial charge in [0.25, 0.3) is 0 Å². The molecule has 0 aromatic heterocycles. The Morgan fingerprint density at radius 3 is 2.65 bits per heavy atom. The molecule has 174 valence electrons. The summed E-state index contributed by atoms with van der Waals surface area (Å²) in [5.74, 6) is -1.90. The zero-order valence-electron chi connectivity index (χ0n) is 18.3.